The van der Waals surface area contributed by atoms with Crippen LogP contribution < -0.4 is 0 Å². The number of ether oxygens (including phenoxy) is 1. The molecule has 2 atom stereocenters. The molecule has 4 heterocycles. The predicted octanol–water partition coefficient (Wildman–Crippen LogP) is 1.34. The van der Waals surface area contributed by atoms with E-state index in [1.54, 1.807) is 17.9 Å². The van der Waals surface area contributed by atoms with Crippen molar-refractivity contribution in [3.05, 3.63) is 64.6 Å². The normalized spacial score (nSPS) is 20.3. The number of nitrogens with zero attached hydrogens (tertiary/aromatic N) is 8. The molecule has 5 rings (SSSR count). The fourth-order valence-electron chi connectivity index (χ4n) is 4.66. The molecule has 35 heavy (non-hydrogen) atoms. The molecule has 1 aromatic carbocycles. The van der Waals surface area contributed by atoms with E-state index in [1.807, 2.05) is 6.07 Å². The Labute approximate surface area is 199 Å². The minimum absolute atomic E-state index is 0.0252. The fourth-order valence-corrected chi connectivity index (χ4v) is 4.66. The van der Waals surface area contributed by atoms with Gasteiger partial charge in [0.05, 0.1) is 30.7 Å². The summed E-state index contributed by atoms with van der Waals surface area (Å²) in [6, 6.07) is 6.20. The number of carbonyl (C=O) groups is 1. The summed E-state index contributed by atoms with van der Waals surface area (Å²) in [6.45, 7) is 4.42. The molecule has 180 valence electrons. The summed E-state index contributed by atoms with van der Waals surface area (Å²) in [7, 11) is 0. The van der Waals surface area contributed by atoms with E-state index in [4.69, 9.17) is 4.74 Å². The molecule has 0 N–H and O–H groups in total. The molecule has 0 radical (unpaired) electrons. The molecule has 2 aliphatic heterocycles. The highest BCUT2D eigenvalue weighted by Gasteiger charge is 2.36. The highest BCUT2D eigenvalue weighted by molar-refractivity contribution is 5.79. The van der Waals surface area contributed by atoms with Crippen LogP contribution in [0.1, 0.15) is 28.4 Å². The first-order valence-electron chi connectivity index (χ1n) is 11.1. The summed E-state index contributed by atoms with van der Waals surface area (Å²) in [4.78, 5) is 21.0. The first-order chi connectivity index (χ1) is 16.9. The van der Waals surface area contributed by atoms with Crippen molar-refractivity contribution in [2.24, 2.45) is 0 Å². The third-order valence-corrected chi connectivity index (χ3v) is 6.56. The molecule has 1 amide bonds. The number of hydrogen-bond donors (Lipinski definition) is 0. The highest BCUT2D eigenvalue weighted by Crippen LogP contribution is 2.31. The van der Waals surface area contributed by atoms with Crippen LogP contribution in [0.25, 0.3) is 5.82 Å². The van der Waals surface area contributed by atoms with Crippen LogP contribution in [0.2, 0.25) is 0 Å². The first-order valence-corrected chi connectivity index (χ1v) is 11.1. The van der Waals surface area contributed by atoms with Crippen molar-refractivity contribution < 1.29 is 18.3 Å². The summed E-state index contributed by atoms with van der Waals surface area (Å²) in [5, 5.41) is 19.8. The summed E-state index contributed by atoms with van der Waals surface area (Å²) < 4.78 is 35.5. The van der Waals surface area contributed by atoms with Crippen LogP contribution in [0.5, 0.6) is 0 Å². The smallest absolute Gasteiger partial charge is 0.227 e. The lowest BCUT2D eigenvalue weighted by Crippen LogP contribution is -2.59. The Morgan fingerprint density at radius 2 is 2.11 bits per heavy atom. The monoisotopic (exact) mass is 480 g/mol. The topological polar surface area (TPSA) is 113 Å². The Bertz CT molecular complexity index is 1290. The van der Waals surface area contributed by atoms with Gasteiger partial charge in [-0.3, -0.25) is 9.69 Å². The number of carbonyl (C=O) groups excluding carboxylic acids is 1. The minimum Gasteiger partial charge on any atom is -0.370 e. The van der Waals surface area contributed by atoms with Crippen LogP contribution in [-0.2, 0) is 16.0 Å². The maximum Gasteiger partial charge on any atom is 0.227 e. The van der Waals surface area contributed by atoms with Gasteiger partial charge in [-0.1, -0.05) is 6.07 Å². The number of pyridine rings is 1. The molecule has 2 saturated heterocycles. The second kappa shape index (κ2) is 9.44. The van der Waals surface area contributed by atoms with Gasteiger partial charge in [0.2, 0.25) is 5.91 Å². The lowest BCUT2D eigenvalue weighted by Gasteiger charge is -2.46. The fraction of sp³-hybridized carbons (Fsp3) is 0.391. The second-order valence-electron chi connectivity index (χ2n) is 8.64. The Morgan fingerprint density at radius 3 is 2.86 bits per heavy atom. The van der Waals surface area contributed by atoms with Gasteiger partial charge in [-0.2, -0.15) is 9.94 Å². The summed E-state index contributed by atoms with van der Waals surface area (Å²) in [6.07, 6.45) is 2.45. The molecule has 12 heteroatoms. The van der Waals surface area contributed by atoms with Crippen LogP contribution in [0.15, 0.2) is 30.7 Å². The van der Waals surface area contributed by atoms with Crippen LogP contribution in [-0.4, -0.2) is 79.7 Å². The number of rotatable bonds is 4. The van der Waals surface area contributed by atoms with E-state index in [9.17, 15) is 18.8 Å². The molecule has 0 bridgehead atoms. The number of morpholine rings is 1. The van der Waals surface area contributed by atoms with E-state index in [0.717, 1.165) is 10.2 Å². The zero-order chi connectivity index (χ0) is 24.5. The van der Waals surface area contributed by atoms with Gasteiger partial charge in [-0.15, -0.1) is 5.10 Å². The number of hydrogen-bond acceptors (Lipinski definition) is 8. The van der Waals surface area contributed by atoms with Crippen molar-refractivity contribution in [2.45, 2.75) is 25.5 Å². The average molecular weight is 480 g/mol. The van der Waals surface area contributed by atoms with Crippen molar-refractivity contribution in [1.82, 2.24) is 35.0 Å². The third kappa shape index (κ3) is 4.48. The third-order valence-electron chi connectivity index (χ3n) is 6.56. The van der Waals surface area contributed by atoms with Crippen LogP contribution in [0.3, 0.4) is 0 Å². The van der Waals surface area contributed by atoms with E-state index in [1.165, 1.54) is 24.7 Å². The molecular weight excluding hydrogens is 458 g/mol. The first kappa shape index (κ1) is 22.9. The predicted molar refractivity (Wildman–Crippen MR) is 117 cm³/mol. The Balaban J connectivity index is 1.21. The highest BCUT2D eigenvalue weighted by atomic mass is 19.1. The number of benzene rings is 1. The van der Waals surface area contributed by atoms with E-state index in [-0.39, 0.29) is 35.9 Å². The largest absolute Gasteiger partial charge is 0.370 e. The molecule has 0 spiro atoms. The van der Waals surface area contributed by atoms with Crippen molar-refractivity contribution in [3.8, 4) is 11.9 Å². The lowest BCUT2D eigenvalue weighted by molar-refractivity contribution is -0.139. The maximum atomic E-state index is 14.4. The summed E-state index contributed by atoms with van der Waals surface area (Å²) in [5.74, 6) is -1.30. The SMILES string of the molecule is Cc1c(C2CN3CCN(C(=O)Cc4cnc(-n5cnnn5)c(F)c4)CC3CO2)ccc(F)c1C#N. The van der Waals surface area contributed by atoms with Crippen molar-refractivity contribution >= 4 is 5.91 Å². The number of aromatic nitrogens is 5. The van der Waals surface area contributed by atoms with Crippen molar-refractivity contribution in [2.75, 3.05) is 32.8 Å². The van der Waals surface area contributed by atoms with E-state index < -0.39 is 11.6 Å². The van der Waals surface area contributed by atoms with Gasteiger partial charge >= 0.3 is 0 Å². The molecule has 0 saturated carbocycles. The van der Waals surface area contributed by atoms with Crippen LogP contribution >= 0.6 is 0 Å². The Kier molecular flexibility index (Phi) is 6.19. The molecule has 2 unspecified atom stereocenters. The van der Waals surface area contributed by atoms with Crippen LogP contribution in [0.4, 0.5) is 8.78 Å². The van der Waals surface area contributed by atoms with Gasteiger partial charge in [0.15, 0.2) is 11.6 Å². The minimum atomic E-state index is -0.616. The van der Waals surface area contributed by atoms with Gasteiger partial charge in [-0.25, -0.2) is 13.8 Å². The number of fused-ring (bicyclic) bond motifs is 1. The number of tetrazole rings is 1. The maximum absolute atomic E-state index is 14.4. The number of halogens is 2. The van der Waals surface area contributed by atoms with Crippen LogP contribution in [0, 0.1) is 29.9 Å². The molecule has 2 aromatic heterocycles. The molecule has 2 aliphatic rings. The lowest BCUT2D eigenvalue weighted by atomic mass is 9.96. The molecule has 3 aromatic rings. The van der Waals surface area contributed by atoms with E-state index >= 15 is 0 Å². The molecule has 0 aliphatic carbocycles. The number of piperazine rings is 1. The Morgan fingerprint density at radius 1 is 1.26 bits per heavy atom. The standard InChI is InChI=1S/C23H22F2N8O2/c1-14-17(2-3-19(24)18(14)8-26)21-11-31-4-5-32(10-16(31)12-35-21)22(34)7-15-6-20(25)23(27-9-15)33-13-28-29-30-33/h2-3,6,9,13,16,21H,4-5,7,10-12H2,1H3. The molecular formula is C23H22F2N8O2. The van der Waals surface area contributed by atoms with Gasteiger partial charge in [0.1, 0.15) is 18.2 Å². The Hall–Kier alpha value is -3.82. The molecule has 10 nitrogen and oxygen atoms in total. The van der Waals surface area contributed by atoms with Gasteiger partial charge < -0.3 is 9.64 Å². The average Bonchev–Trinajstić information content (AvgIpc) is 3.38. The second-order valence-corrected chi connectivity index (χ2v) is 8.64. The zero-order valence-electron chi connectivity index (χ0n) is 18.9. The molecule has 2 fully saturated rings. The number of amides is 1. The van der Waals surface area contributed by atoms with E-state index in [0.29, 0.717) is 43.9 Å². The summed E-state index contributed by atoms with van der Waals surface area (Å²) in [5.41, 5.74) is 1.91. The van der Waals surface area contributed by atoms with E-state index in [2.05, 4.69) is 25.4 Å². The van der Waals surface area contributed by atoms with Gasteiger partial charge in [0, 0.05) is 32.4 Å². The summed E-state index contributed by atoms with van der Waals surface area (Å²) >= 11 is 0. The quantitative estimate of drug-likeness (QED) is 0.550. The van der Waals surface area contributed by atoms with Crippen molar-refractivity contribution in [3.63, 3.8) is 0 Å². The number of nitriles is 1. The van der Waals surface area contributed by atoms with Crippen molar-refractivity contribution in [1.29, 1.82) is 5.26 Å². The van der Waals surface area contributed by atoms with Gasteiger partial charge in [0.25, 0.3) is 0 Å². The zero-order valence-corrected chi connectivity index (χ0v) is 18.9. The van der Waals surface area contributed by atoms with Gasteiger partial charge in [-0.05, 0) is 46.2 Å².